The lowest BCUT2D eigenvalue weighted by molar-refractivity contribution is -0.137. The number of likely N-dealkylation sites (tertiary alicyclic amines) is 1. The fourth-order valence-corrected chi connectivity index (χ4v) is 3.93. The average Bonchev–Trinajstić information content (AvgIpc) is 3.13. The van der Waals surface area contributed by atoms with Gasteiger partial charge >= 0.3 is 6.18 Å². The molecule has 2 aromatic rings. The first-order valence-corrected chi connectivity index (χ1v) is 9.91. The lowest BCUT2D eigenvalue weighted by Gasteiger charge is -2.32. The molecule has 0 spiro atoms. The number of amides is 1. The van der Waals surface area contributed by atoms with Crippen LogP contribution in [-0.2, 0) is 17.5 Å². The molecule has 3 rings (SSSR count). The summed E-state index contributed by atoms with van der Waals surface area (Å²) in [6, 6.07) is 4.54. The molecule has 0 aliphatic carbocycles. The number of nitrogens with zero attached hydrogens (tertiary/aromatic N) is 2. The lowest BCUT2D eigenvalue weighted by Crippen LogP contribution is -2.35. The standard InChI is InChI=1S/C19H22F3N3OS/c20-19(21,22)15-4-6-16(7-5-15)24-18(26)8-3-14-2-1-9-25(10-14)11-17-12-27-13-23-17/h4-7,12-14H,1-3,8-11H2,(H,24,26)/t14-/m0/s1. The fourth-order valence-electron chi connectivity index (χ4n) is 3.38. The number of halogens is 3. The zero-order valence-electron chi connectivity index (χ0n) is 14.8. The SMILES string of the molecule is O=C(CC[C@@H]1CCCN(Cc2cscn2)C1)Nc1ccc(C(F)(F)F)cc1. The van der Waals surface area contributed by atoms with Gasteiger partial charge in [0.25, 0.3) is 0 Å². The topological polar surface area (TPSA) is 45.2 Å². The van der Waals surface area contributed by atoms with Gasteiger partial charge in [0.1, 0.15) is 0 Å². The second-order valence-electron chi connectivity index (χ2n) is 6.89. The average molecular weight is 397 g/mol. The van der Waals surface area contributed by atoms with E-state index in [1.54, 1.807) is 11.3 Å². The van der Waals surface area contributed by atoms with E-state index in [1.807, 2.05) is 5.51 Å². The molecular weight excluding hydrogens is 375 g/mol. The Balaban J connectivity index is 1.43. The zero-order chi connectivity index (χ0) is 19.3. The molecule has 2 heterocycles. The van der Waals surface area contributed by atoms with Crippen molar-refractivity contribution >= 4 is 22.9 Å². The Morgan fingerprint density at radius 2 is 2.07 bits per heavy atom. The third-order valence-corrected chi connectivity index (χ3v) is 5.38. The van der Waals surface area contributed by atoms with Crippen LogP contribution in [0.25, 0.3) is 0 Å². The summed E-state index contributed by atoms with van der Waals surface area (Å²) >= 11 is 1.59. The van der Waals surface area contributed by atoms with Gasteiger partial charge in [0.05, 0.1) is 16.8 Å². The first kappa shape index (κ1) is 19.8. The minimum Gasteiger partial charge on any atom is -0.326 e. The Morgan fingerprint density at radius 3 is 2.74 bits per heavy atom. The van der Waals surface area contributed by atoms with Crippen LogP contribution in [0.5, 0.6) is 0 Å². The van der Waals surface area contributed by atoms with Crippen LogP contribution in [0.2, 0.25) is 0 Å². The lowest BCUT2D eigenvalue weighted by atomic mass is 9.93. The van der Waals surface area contributed by atoms with Crippen molar-refractivity contribution in [2.75, 3.05) is 18.4 Å². The van der Waals surface area contributed by atoms with Crippen LogP contribution >= 0.6 is 11.3 Å². The Morgan fingerprint density at radius 1 is 1.30 bits per heavy atom. The molecule has 1 atom stereocenters. The molecule has 0 radical (unpaired) electrons. The van der Waals surface area contributed by atoms with Crippen LogP contribution in [0.15, 0.2) is 35.2 Å². The van der Waals surface area contributed by atoms with Gasteiger partial charge < -0.3 is 5.32 Å². The van der Waals surface area contributed by atoms with Gasteiger partial charge in [-0.25, -0.2) is 4.98 Å². The van der Waals surface area contributed by atoms with E-state index >= 15 is 0 Å². The van der Waals surface area contributed by atoms with E-state index in [2.05, 4.69) is 20.6 Å². The highest BCUT2D eigenvalue weighted by Gasteiger charge is 2.30. The summed E-state index contributed by atoms with van der Waals surface area (Å²) < 4.78 is 37.7. The Hall–Kier alpha value is -1.93. The molecular formula is C19H22F3N3OS. The second kappa shape index (κ2) is 8.84. The van der Waals surface area contributed by atoms with E-state index in [1.165, 1.54) is 12.1 Å². The number of carbonyl (C=O) groups excluding carboxylic acids is 1. The number of carbonyl (C=O) groups is 1. The smallest absolute Gasteiger partial charge is 0.326 e. The van der Waals surface area contributed by atoms with Crippen molar-refractivity contribution in [3.05, 3.63) is 46.4 Å². The number of alkyl halides is 3. The van der Waals surface area contributed by atoms with Gasteiger partial charge in [-0.05, 0) is 56.0 Å². The van der Waals surface area contributed by atoms with E-state index in [4.69, 9.17) is 0 Å². The van der Waals surface area contributed by atoms with Crippen LogP contribution in [0.3, 0.4) is 0 Å². The highest BCUT2D eigenvalue weighted by atomic mass is 32.1. The van der Waals surface area contributed by atoms with E-state index in [0.29, 0.717) is 18.0 Å². The van der Waals surface area contributed by atoms with Gasteiger partial charge in [-0.1, -0.05) is 0 Å². The molecule has 1 N–H and O–H groups in total. The molecule has 1 saturated heterocycles. The molecule has 4 nitrogen and oxygen atoms in total. The molecule has 0 bridgehead atoms. The Kier molecular flexibility index (Phi) is 6.49. The van der Waals surface area contributed by atoms with Gasteiger partial charge in [0.2, 0.25) is 5.91 Å². The van der Waals surface area contributed by atoms with Crippen LogP contribution in [-0.4, -0.2) is 28.9 Å². The third-order valence-electron chi connectivity index (χ3n) is 4.75. The number of thiazole rings is 1. The zero-order valence-corrected chi connectivity index (χ0v) is 15.7. The highest BCUT2D eigenvalue weighted by molar-refractivity contribution is 7.07. The van der Waals surface area contributed by atoms with Gasteiger partial charge in [-0.3, -0.25) is 9.69 Å². The Labute approximate surface area is 160 Å². The van der Waals surface area contributed by atoms with E-state index < -0.39 is 11.7 Å². The predicted octanol–water partition coefficient (Wildman–Crippen LogP) is 4.79. The van der Waals surface area contributed by atoms with Crippen molar-refractivity contribution < 1.29 is 18.0 Å². The maximum Gasteiger partial charge on any atom is 0.416 e. The molecule has 27 heavy (non-hydrogen) atoms. The normalized spacial score (nSPS) is 18.4. The first-order valence-electron chi connectivity index (χ1n) is 8.96. The summed E-state index contributed by atoms with van der Waals surface area (Å²) in [5.74, 6) is 0.294. The van der Waals surface area contributed by atoms with E-state index in [-0.39, 0.29) is 5.91 Å². The van der Waals surface area contributed by atoms with Gasteiger partial charge in [-0.15, -0.1) is 11.3 Å². The number of hydrogen-bond acceptors (Lipinski definition) is 4. The number of piperidine rings is 1. The number of aromatic nitrogens is 1. The molecule has 1 aliphatic heterocycles. The molecule has 0 saturated carbocycles. The maximum atomic E-state index is 12.6. The molecule has 146 valence electrons. The van der Waals surface area contributed by atoms with E-state index in [0.717, 1.165) is 56.7 Å². The van der Waals surface area contributed by atoms with Crippen molar-refractivity contribution in [2.45, 2.75) is 38.4 Å². The highest BCUT2D eigenvalue weighted by Crippen LogP contribution is 2.30. The van der Waals surface area contributed by atoms with Crippen molar-refractivity contribution in [2.24, 2.45) is 5.92 Å². The molecule has 1 fully saturated rings. The van der Waals surface area contributed by atoms with E-state index in [9.17, 15) is 18.0 Å². The summed E-state index contributed by atoms with van der Waals surface area (Å²) in [6.07, 6.45) is -1.01. The first-order chi connectivity index (χ1) is 12.9. The van der Waals surface area contributed by atoms with Crippen LogP contribution < -0.4 is 5.32 Å². The monoisotopic (exact) mass is 397 g/mol. The minimum atomic E-state index is -4.37. The predicted molar refractivity (Wildman–Crippen MR) is 99.4 cm³/mol. The minimum absolute atomic E-state index is 0.161. The van der Waals surface area contributed by atoms with Crippen molar-refractivity contribution in [1.29, 1.82) is 0 Å². The second-order valence-corrected chi connectivity index (χ2v) is 7.60. The summed E-state index contributed by atoms with van der Waals surface area (Å²) in [5, 5.41) is 4.74. The molecule has 1 aromatic heterocycles. The van der Waals surface area contributed by atoms with Crippen molar-refractivity contribution in [3.8, 4) is 0 Å². The van der Waals surface area contributed by atoms with Gasteiger partial charge in [0.15, 0.2) is 0 Å². The summed E-state index contributed by atoms with van der Waals surface area (Å²) in [5.41, 5.74) is 2.59. The number of nitrogens with one attached hydrogen (secondary N) is 1. The molecule has 1 aliphatic rings. The number of hydrogen-bond donors (Lipinski definition) is 1. The molecule has 0 unspecified atom stereocenters. The van der Waals surface area contributed by atoms with Gasteiger partial charge in [0, 0.05) is 30.6 Å². The number of anilines is 1. The third kappa shape index (κ3) is 6.04. The molecule has 8 heteroatoms. The van der Waals surface area contributed by atoms with Crippen LogP contribution in [0.1, 0.15) is 36.9 Å². The van der Waals surface area contributed by atoms with Crippen molar-refractivity contribution in [3.63, 3.8) is 0 Å². The molecule has 1 amide bonds. The summed E-state index contributed by atoms with van der Waals surface area (Å²) in [4.78, 5) is 18.8. The Bertz CT molecular complexity index is 732. The molecule has 1 aromatic carbocycles. The number of benzene rings is 1. The quantitative estimate of drug-likeness (QED) is 0.762. The van der Waals surface area contributed by atoms with Crippen LogP contribution in [0, 0.1) is 5.92 Å². The van der Waals surface area contributed by atoms with Gasteiger partial charge in [-0.2, -0.15) is 13.2 Å². The largest absolute Gasteiger partial charge is 0.416 e. The fraction of sp³-hybridized carbons (Fsp3) is 0.474. The maximum absolute atomic E-state index is 12.6. The summed E-state index contributed by atoms with van der Waals surface area (Å²) in [6.45, 7) is 2.84. The number of rotatable bonds is 6. The van der Waals surface area contributed by atoms with Crippen LogP contribution in [0.4, 0.5) is 18.9 Å². The summed E-state index contributed by atoms with van der Waals surface area (Å²) in [7, 11) is 0. The van der Waals surface area contributed by atoms with Crippen molar-refractivity contribution in [1.82, 2.24) is 9.88 Å².